The average Bonchev–Trinajstić information content (AvgIpc) is 3.39. The van der Waals surface area contributed by atoms with Crippen LogP contribution in [0.25, 0.3) is 11.0 Å². The van der Waals surface area contributed by atoms with Gasteiger partial charge in [-0.1, -0.05) is 0 Å². The molecule has 0 saturated heterocycles. The van der Waals surface area contributed by atoms with Crippen LogP contribution >= 0.6 is 0 Å². The zero-order valence-electron chi connectivity index (χ0n) is 17.7. The highest BCUT2D eigenvalue weighted by atomic mass is 32.2. The van der Waals surface area contributed by atoms with E-state index in [1.807, 2.05) is 6.92 Å². The van der Waals surface area contributed by atoms with Crippen molar-refractivity contribution in [1.29, 1.82) is 0 Å². The Balaban J connectivity index is 1.88. The number of aromatic nitrogens is 2. The van der Waals surface area contributed by atoms with Crippen molar-refractivity contribution in [2.24, 2.45) is 14.1 Å². The number of hydrogen-bond acceptors (Lipinski definition) is 6. The Bertz CT molecular complexity index is 1450. The van der Waals surface area contributed by atoms with Crippen LogP contribution < -0.4 is 14.7 Å². The molecular formula is C22H21N3O6S. The molecule has 166 valence electrons. The molecule has 9 nitrogen and oxygen atoms in total. The van der Waals surface area contributed by atoms with Crippen molar-refractivity contribution in [2.45, 2.75) is 11.8 Å². The number of amides is 1. The monoisotopic (exact) mass is 455 g/mol. The molecule has 0 aliphatic heterocycles. The van der Waals surface area contributed by atoms with E-state index in [2.05, 4.69) is 0 Å². The Hall–Kier alpha value is -3.79. The van der Waals surface area contributed by atoms with Gasteiger partial charge in [-0.3, -0.25) is 13.9 Å². The Labute approximate surface area is 184 Å². The van der Waals surface area contributed by atoms with Crippen LogP contribution in [0, 0.1) is 0 Å². The highest BCUT2D eigenvalue weighted by molar-refractivity contribution is 7.93. The number of benzene rings is 2. The van der Waals surface area contributed by atoms with Crippen LogP contribution in [0.2, 0.25) is 0 Å². The molecule has 0 aliphatic rings. The van der Waals surface area contributed by atoms with Gasteiger partial charge < -0.3 is 9.15 Å². The predicted octanol–water partition coefficient (Wildman–Crippen LogP) is 2.90. The number of rotatable bonds is 6. The van der Waals surface area contributed by atoms with Gasteiger partial charge in [0, 0.05) is 14.1 Å². The zero-order valence-corrected chi connectivity index (χ0v) is 18.5. The first-order valence-electron chi connectivity index (χ1n) is 9.77. The van der Waals surface area contributed by atoms with Crippen LogP contribution in [-0.4, -0.2) is 30.1 Å². The van der Waals surface area contributed by atoms with Gasteiger partial charge in [0.1, 0.15) is 5.75 Å². The quantitative estimate of drug-likeness (QED) is 0.443. The zero-order chi connectivity index (χ0) is 23.0. The number of fused-ring (bicyclic) bond motifs is 1. The second-order valence-corrected chi connectivity index (χ2v) is 8.82. The molecule has 0 saturated carbocycles. The maximum absolute atomic E-state index is 13.7. The molecule has 0 fully saturated rings. The summed E-state index contributed by atoms with van der Waals surface area (Å²) in [6, 6.07) is 13.3. The molecule has 0 aliphatic carbocycles. The number of anilines is 1. The standard InChI is InChI=1S/C22H21N3O6S/c1-4-30-16-9-7-15(8-10-16)25(21(26)20-6-5-13-31-20)32(28,29)17-11-12-18-19(14-17)24(3)22(27)23(18)2/h5-14H,4H2,1-3H3. The van der Waals surface area contributed by atoms with E-state index in [0.29, 0.717) is 27.7 Å². The summed E-state index contributed by atoms with van der Waals surface area (Å²) in [6.45, 7) is 2.28. The number of imidazole rings is 1. The van der Waals surface area contributed by atoms with E-state index in [-0.39, 0.29) is 22.0 Å². The Kier molecular flexibility index (Phi) is 5.39. The lowest BCUT2D eigenvalue weighted by molar-refractivity contribution is 0.0979. The number of ether oxygens (including phenoxy) is 1. The lowest BCUT2D eigenvalue weighted by atomic mass is 10.3. The first kappa shape index (κ1) is 21.4. The molecule has 10 heteroatoms. The molecule has 0 bridgehead atoms. The van der Waals surface area contributed by atoms with Gasteiger partial charge in [-0.25, -0.2) is 13.2 Å². The predicted molar refractivity (Wildman–Crippen MR) is 118 cm³/mol. The van der Waals surface area contributed by atoms with Gasteiger partial charge in [-0.2, -0.15) is 4.31 Å². The van der Waals surface area contributed by atoms with Gasteiger partial charge in [-0.05, 0) is 61.5 Å². The summed E-state index contributed by atoms with van der Waals surface area (Å²) in [5, 5.41) is 0. The fourth-order valence-electron chi connectivity index (χ4n) is 3.46. The van der Waals surface area contributed by atoms with E-state index in [1.165, 1.54) is 57.9 Å². The van der Waals surface area contributed by atoms with Crippen LogP contribution in [0.4, 0.5) is 5.69 Å². The van der Waals surface area contributed by atoms with Crippen molar-refractivity contribution in [3.05, 3.63) is 77.1 Å². The maximum atomic E-state index is 13.7. The fourth-order valence-corrected chi connectivity index (χ4v) is 4.88. The van der Waals surface area contributed by atoms with Gasteiger partial charge in [0.15, 0.2) is 5.76 Å². The number of furan rings is 1. The molecule has 1 amide bonds. The lowest BCUT2D eigenvalue weighted by Gasteiger charge is -2.22. The van der Waals surface area contributed by atoms with Gasteiger partial charge in [-0.15, -0.1) is 0 Å². The number of nitrogens with zero attached hydrogens (tertiary/aromatic N) is 3. The summed E-state index contributed by atoms with van der Waals surface area (Å²) in [6.07, 6.45) is 1.29. The largest absolute Gasteiger partial charge is 0.494 e. The second kappa shape index (κ2) is 8.04. The Morgan fingerprint density at radius 1 is 1.03 bits per heavy atom. The van der Waals surface area contributed by atoms with Crippen LogP contribution in [0.3, 0.4) is 0 Å². The molecular weight excluding hydrogens is 434 g/mol. The fraction of sp³-hybridized carbons (Fsp3) is 0.182. The maximum Gasteiger partial charge on any atom is 0.328 e. The van der Waals surface area contributed by atoms with Crippen molar-refractivity contribution < 1.29 is 22.4 Å². The van der Waals surface area contributed by atoms with Gasteiger partial charge in [0.05, 0.1) is 34.5 Å². The van der Waals surface area contributed by atoms with Crippen molar-refractivity contribution in [1.82, 2.24) is 9.13 Å². The van der Waals surface area contributed by atoms with E-state index in [1.54, 1.807) is 26.2 Å². The molecule has 2 heterocycles. The molecule has 32 heavy (non-hydrogen) atoms. The van der Waals surface area contributed by atoms with E-state index in [4.69, 9.17) is 9.15 Å². The van der Waals surface area contributed by atoms with Crippen molar-refractivity contribution >= 4 is 32.7 Å². The van der Waals surface area contributed by atoms with E-state index in [0.717, 1.165) is 0 Å². The smallest absolute Gasteiger partial charge is 0.328 e. The van der Waals surface area contributed by atoms with Gasteiger partial charge in [0.25, 0.3) is 10.0 Å². The van der Waals surface area contributed by atoms with Crippen LogP contribution in [0.5, 0.6) is 5.75 Å². The number of carbonyl (C=O) groups is 1. The Morgan fingerprint density at radius 3 is 2.34 bits per heavy atom. The number of sulfonamides is 1. The first-order chi connectivity index (χ1) is 15.3. The van der Waals surface area contributed by atoms with E-state index >= 15 is 0 Å². The SMILES string of the molecule is CCOc1ccc(N(C(=O)c2ccco2)S(=O)(=O)c2ccc3c(c2)n(C)c(=O)n3C)cc1. The topological polar surface area (TPSA) is 104 Å². The molecule has 4 rings (SSSR count). The molecule has 0 radical (unpaired) electrons. The minimum Gasteiger partial charge on any atom is -0.494 e. The minimum atomic E-state index is -4.36. The van der Waals surface area contributed by atoms with Crippen molar-refractivity contribution in [3.8, 4) is 5.75 Å². The normalized spacial score (nSPS) is 11.6. The van der Waals surface area contributed by atoms with Crippen molar-refractivity contribution in [2.75, 3.05) is 10.9 Å². The summed E-state index contributed by atoms with van der Waals surface area (Å²) in [7, 11) is -1.20. The third-order valence-electron chi connectivity index (χ3n) is 5.08. The molecule has 0 spiro atoms. The summed E-state index contributed by atoms with van der Waals surface area (Å²) in [5.41, 5.74) is 0.832. The van der Waals surface area contributed by atoms with E-state index in [9.17, 15) is 18.0 Å². The van der Waals surface area contributed by atoms with Crippen LogP contribution in [-0.2, 0) is 24.1 Å². The van der Waals surface area contributed by atoms with Gasteiger partial charge in [0.2, 0.25) is 0 Å². The molecule has 0 atom stereocenters. The summed E-state index contributed by atoms with van der Waals surface area (Å²) >= 11 is 0. The lowest BCUT2D eigenvalue weighted by Crippen LogP contribution is -2.36. The Morgan fingerprint density at radius 2 is 1.72 bits per heavy atom. The highest BCUT2D eigenvalue weighted by Crippen LogP contribution is 2.29. The average molecular weight is 455 g/mol. The molecule has 2 aromatic carbocycles. The molecule has 0 unspecified atom stereocenters. The third-order valence-corrected chi connectivity index (χ3v) is 6.79. The molecule has 0 N–H and O–H groups in total. The first-order valence-corrected chi connectivity index (χ1v) is 11.2. The molecule has 4 aromatic rings. The number of carbonyl (C=O) groups excluding carboxylic acids is 1. The van der Waals surface area contributed by atoms with Gasteiger partial charge >= 0.3 is 11.6 Å². The molecule has 2 aromatic heterocycles. The van der Waals surface area contributed by atoms with Crippen LogP contribution in [0.1, 0.15) is 17.5 Å². The van der Waals surface area contributed by atoms with Crippen molar-refractivity contribution in [3.63, 3.8) is 0 Å². The number of aryl methyl sites for hydroxylation is 2. The number of hydrogen-bond donors (Lipinski definition) is 0. The highest BCUT2D eigenvalue weighted by Gasteiger charge is 2.34. The van der Waals surface area contributed by atoms with Crippen LogP contribution in [0.15, 0.2) is 75.0 Å². The summed E-state index contributed by atoms with van der Waals surface area (Å²) in [5.74, 6) is -0.434. The summed E-state index contributed by atoms with van der Waals surface area (Å²) < 4.78 is 41.4. The second-order valence-electron chi connectivity index (χ2n) is 7.03. The third kappa shape index (κ3) is 3.48. The minimum absolute atomic E-state index is 0.122. The summed E-state index contributed by atoms with van der Waals surface area (Å²) in [4.78, 5) is 25.3. The van der Waals surface area contributed by atoms with E-state index < -0.39 is 15.9 Å².